The van der Waals surface area contributed by atoms with Crippen molar-refractivity contribution in [3.8, 4) is 0 Å². The van der Waals surface area contributed by atoms with Crippen molar-refractivity contribution in [2.45, 2.75) is 25.6 Å². The Morgan fingerprint density at radius 2 is 2.10 bits per heavy atom. The van der Waals surface area contributed by atoms with Crippen LogP contribution in [0.3, 0.4) is 0 Å². The second-order valence-corrected chi connectivity index (χ2v) is 4.99. The summed E-state index contributed by atoms with van der Waals surface area (Å²) in [7, 11) is 2.22. The van der Waals surface area contributed by atoms with Crippen LogP contribution >= 0.6 is 11.8 Å². The lowest BCUT2D eigenvalue weighted by Gasteiger charge is -2.16. The van der Waals surface area contributed by atoms with E-state index in [9.17, 15) is 0 Å². The molecule has 0 aromatic rings. The highest BCUT2D eigenvalue weighted by atomic mass is 32.2. The first kappa shape index (κ1) is 8.41. The fourth-order valence-electron chi connectivity index (χ4n) is 1.73. The minimum atomic E-state index is 0.544. The lowest BCUT2D eigenvalue weighted by atomic mass is 9.93. The maximum Gasteiger partial charge on any atom is 0.0557 e. The molecule has 1 aliphatic rings. The van der Waals surface area contributed by atoms with E-state index < -0.39 is 0 Å². The molecule has 0 radical (unpaired) electrons. The molecule has 0 aromatic carbocycles. The van der Waals surface area contributed by atoms with Gasteiger partial charge in [-0.15, -0.1) is 11.8 Å². The van der Waals surface area contributed by atoms with Crippen LogP contribution in [0.5, 0.6) is 0 Å². The van der Waals surface area contributed by atoms with E-state index in [1.165, 1.54) is 13.0 Å². The van der Waals surface area contributed by atoms with Gasteiger partial charge in [-0.2, -0.15) is 0 Å². The highest BCUT2D eigenvalue weighted by Gasteiger charge is 2.34. The van der Waals surface area contributed by atoms with Crippen LogP contribution in [-0.4, -0.2) is 30.1 Å². The lowest BCUT2D eigenvalue weighted by Crippen LogP contribution is -2.22. The van der Waals surface area contributed by atoms with E-state index in [0.717, 1.165) is 5.37 Å². The Morgan fingerprint density at radius 3 is 2.30 bits per heavy atom. The highest BCUT2D eigenvalue weighted by Crippen LogP contribution is 2.36. The molecule has 1 fully saturated rings. The maximum absolute atomic E-state index is 2.45. The summed E-state index contributed by atoms with van der Waals surface area (Å²) >= 11 is 1.97. The maximum atomic E-state index is 2.45. The molecule has 2 heteroatoms. The standard InChI is InChI=1S/C8H17NS/c1-8(2)5-7(10-4)9(3)6-8/h7H,5-6H2,1-4H3. The summed E-state index contributed by atoms with van der Waals surface area (Å²) in [6.45, 7) is 5.94. The zero-order valence-corrected chi connectivity index (χ0v) is 8.16. The molecular formula is C8H17NS. The Morgan fingerprint density at radius 1 is 1.50 bits per heavy atom. The van der Waals surface area contributed by atoms with Gasteiger partial charge in [-0.1, -0.05) is 13.8 Å². The Kier molecular flexibility index (Phi) is 2.31. The van der Waals surface area contributed by atoms with E-state index in [2.05, 4.69) is 32.1 Å². The zero-order chi connectivity index (χ0) is 7.78. The van der Waals surface area contributed by atoms with Crippen LogP contribution in [0, 0.1) is 5.41 Å². The fraction of sp³-hybridized carbons (Fsp3) is 1.00. The molecule has 1 rings (SSSR count). The predicted molar refractivity (Wildman–Crippen MR) is 48.3 cm³/mol. The van der Waals surface area contributed by atoms with E-state index in [-0.39, 0.29) is 0 Å². The third-order valence-corrected chi connectivity index (χ3v) is 3.24. The van der Waals surface area contributed by atoms with Gasteiger partial charge in [0.25, 0.3) is 0 Å². The van der Waals surface area contributed by atoms with Gasteiger partial charge >= 0.3 is 0 Å². The van der Waals surface area contributed by atoms with Crippen molar-refractivity contribution in [3.63, 3.8) is 0 Å². The minimum Gasteiger partial charge on any atom is -0.294 e. The Bertz CT molecular complexity index is 122. The Hall–Kier alpha value is 0.310. The quantitative estimate of drug-likeness (QED) is 0.576. The van der Waals surface area contributed by atoms with Gasteiger partial charge in [-0.3, -0.25) is 4.90 Å². The molecule has 0 saturated carbocycles. The third kappa shape index (κ3) is 1.67. The average molecular weight is 159 g/mol. The fourth-order valence-corrected chi connectivity index (χ4v) is 2.79. The van der Waals surface area contributed by atoms with E-state index in [1.54, 1.807) is 0 Å². The molecule has 0 aliphatic carbocycles. The van der Waals surface area contributed by atoms with Crippen molar-refractivity contribution in [1.82, 2.24) is 4.90 Å². The smallest absolute Gasteiger partial charge is 0.0557 e. The number of hydrogen-bond donors (Lipinski definition) is 0. The molecule has 0 spiro atoms. The molecule has 10 heavy (non-hydrogen) atoms. The summed E-state index contributed by atoms with van der Waals surface area (Å²) in [6, 6.07) is 0. The van der Waals surface area contributed by atoms with Crippen LogP contribution < -0.4 is 0 Å². The minimum absolute atomic E-state index is 0.544. The van der Waals surface area contributed by atoms with Crippen molar-refractivity contribution in [1.29, 1.82) is 0 Å². The molecule has 1 atom stereocenters. The molecule has 0 N–H and O–H groups in total. The monoisotopic (exact) mass is 159 g/mol. The average Bonchev–Trinajstić information content (AvgIpc) is 2.05. The number of rotatable bonds is 1. The lowest BCUT2D eigenvalue weighted by molar-refractivity contribution is 0.331. The highest BCUT2D eigenvalue weighted by molar-refractivity contribution is 7.99. The molecule has 1 heterocycles. The van der Waals surface area contributed by atoms with Crippen molar-refractivity contribution < 1.29 is 0 Å². The van der Waals surface area contributed by atoms with E-state index >= 15 is 0 Å². The van der Waals surface area contributed by atoms with Crippen LogP contribution in [0.2, 0.25) is 0 Å². The third-order valence-electron chi connectivity index (χ3n) is 2.17. The van der Waals surface area contributed by atoms with Gasteiger partial charge in [0.2, 0.25) is 0 Å². The van der Waals surface area contributed by atoms with E-state index in [4.69, 9.17) is 0 Å². The van der Waals surface area contributed by atoms with Crippen LogP contribution in [0.1, 0.15) is 20.3 Å². The number of thioether (sulfide) groups is 1. The Labute approximate surface area is 68.2 Å². The molecule has 1 saturated heterocycles. The molecule has 1 nitrogen and oxygen atoms in total. The van der Waals surface area contributed by atoms with Gasteiger partial charge in [0.05, 0.1) is 5.37 Å². The molecular weight excluding hydrogens is 142 g/mol. The van der Waals surface area contributed by atoms with Crippen molar-refractivity contribution in [3.05, 3.63) is 0 Å². The summed E-state index contributed by atoms with van der Waals surface area (Å²) < 4.78 is 0. The van der Waals surface area contributed by atoms with Crippen LogP contribution in [0.25, 0.3) is 0 Å². The topological polar surface area (TPSA) is 3.24 Å². The summed E-state index contributed by atoms with van der Waals surface area (Å²) in [5, 5.41) is 0.759. The van der Waals surface area contributed by atoms with Crippen LogP contribution in [0.15, 0.2) is 0 Å². The van der Waals surface area contributed by atoms with Gasteiger partial charge in [-0.25, -0.2) is 0 Å². The predicted octanol–water partition coefficient (Wildman–Crippen LogP) is 2.04. The first-order valence-electron chi connectivity index (χ1n) is 3.78. The molecule has 0 aromatic heterocycles. The van der Waals surface area contributed by atoms with Crippen molar-refractivity contribution in [2.75, 3.05) is 19.8 Å². The van der Waals surface area contributed by atoms with Gasteiger partial charge in [0.15, 0.2) is 0 Å². The molecule has 0 bridgehead atoms. The second-order valence-electron chi connectivity index (χ2n) is 3.97. The number of hydrogen-bond acceptors (Lipinski definition) is 2. The summed E-state index contributed by atoms with van der Waals surface area (Å²) in [6.07, 6.45) is 3.53. The molecule has 0 amide bonds. The summed E-state index contributed by atoms with van der Waals surface area (Å²) in [4.78, 5) is 2.45. The van der Waals surface area contributed by atoms with Crippen molar-refractivity contribution >= 4 is 11.8 Å². The van der Waals surface area contributed by atoms with Gasteiger partial charge in [-0.05, 0) is 25.1 Å². The first-order valence-corrected chi connectivity index (χ1v) is 5.07. The largest absolute Gasteiger partial charge is 0.294 e. The number of nitrogens with zero attached hydrogens (tertiary/aromatic N) is 1. The summed E-state index contributed by atoms with van der Waals surface area (Å²) in [5.41, 5.74) is 0.544. The first-order chi connectivity index (χ1) is 4.55. The molecule has 60 valence electrons. The molecule has 1 unspecified atom stereocenters. The zero-order valence-electron chi connectivity index (χ0n) is 7.35. The SMILES string of the molecule is CSC1CC(C)(C)CN1C. The van der Waals surface area contributed by atoms with Crippen LogP contribution in [0.4, 0.5) is 0 Å². The van der Waals surface area contributed by atoms with Crippen LogP contribution in [-0.2, 0) is 0 Å². The van der Waals surface area contributed by atoms with E-state index in [1.807, 2.05) is 11.8 Å². The van der Waals surface area contributed by atoms with Crippen molar-refractivity contribution in [2.24, 2.45) is 5.41 Å². The van der Waals surface area contributed by atoms with Gasteiger partial charge in [0.1, 0.15) is 0 Å². The molecule has 1 aliphatic heterocycles. The Balaban J connectivity index is 2.52. The van der Waals surface area contributed by atoms with Gasteiger partial charge in [0, 0.05) is 6.54 Å². The number of likely N-dealkylation sites (tertiary alicyclic amines) is 1. The van der Waals surface area contributed by atoms with Gasteiger partial charge < -0.3 is 0 Å². The normalized spacial score (nSPS) is 33.0. The van der Waals surface area contributed by atoms with E-state index in [0.29, 0.717) is 5.41 Å². The summed E-state index contributed by atoms with van der Waals surface area (Å²) in [5.74, 6) is 0. The second kappa shape index (κ2) is 2.74.